The first-order chi connectivity index (χ1) is 15.3. The number of fused-ring (bicyclic) bond motifs is 7. The van der Waals surface area contributed by atoms with E-state index in [2.05, 4.69) is 54.5 Å². The fourth-order valence-electron chi connectivity index (χ4n) is 10.8. The van der Waals surface area contributed by atoms with Crippen LogP contribution >= 0.6 is 0 Å². The summed E-state index contributed by atoms with van der Waals surface area (Å²) >= 11 is 0. The van der Waals surface area contributed by atoms with Crippen LogP contribution in [0.2, 0.25) is 0 Å². The fourth-order valence-corrected chi connectivity index (χ4v) is 10.8. The monoisotopic (exact) mass is 456 g/mol. The largest absolute Gasteiger partial charge is 0.481 e. The van der Waals surface area contributed by atoms with Crippen molar-refractivity contribution < 1.29 is 15.0 Å². The molecule has 5 aliphatic carbocycles. The maximum atomic E-state index is 12.8. The maximum absolute atomic E-state index is 12.8. The van der Waals surface area contributed by atoms with Crippen molar-refractivity contribution in [3.8, 4) is 0 Å². The Morgan fingerprint density at radius 3 is 2.27 bits per heavy atom. The number of aliphatic hydroxyl groups is 1. The molecule has 0 spiro atoms. The molecule has 10 atom stereocenters. The molecule has 0 saturated heterocycles. The van der Waals surface area contributed by atoms with E-state index in [9.17, 15) is 15.0 Å². The Morgan fingerprint density at radius 2 is 1.61 bits per heavy atom. The Kier molecular flexibility index (Phi) is 5.15. The minimum atomic E-state index is -0.557. The first kappa shape index (κ1) is 23.9. The van der Waals surface area contributed by atoms with E-state index in [4.69, 9.17) is 0 Å². The molecular formula is C30H48O3. The summed E-state index contributed by atoms with van der Waals surface area (Å²) in [6.45, 7) is 17.0. The molecule has 0 heterocycles. The van der Waals surface area contributed by atoms with Crippen LogP contribution in [0.5, 0.6) is 0 Å². The lowest BCUT2D eigenvalue weighted by Gasteiger charge is -2.71. The van der Waals surface area contributed by atoms with Gasteiger partial charge in [0.2, 0.25) is 0 Å². The van der Waals surface area contributed by atoms with Gasteiger partial charge in [-0.25, -0.2) is 0 Å². The third kappa shape index (κ3) is 2.75. The highest BCUT2D eigenvalue weighted by Crippen LogP contribution is 2.75. The number of carboxylic acids is 1. The number of allylic oxidation sites excluding steroid dienone is 2. The van der Waals surface area contributed by atoms with Crippen LogP contribution in [0.1, 0.15) is 106 Å². The zero-order valence-electron chi connectivity index (χ0n) is 22.2. The van der Waals surface area contributed by atoms with Gasteiger partial charge < -0.3 is 10.2 Å². The Labute approximate surface area is 201 Å². The molecule has 5 rings (SSSR count). The van der Waals surface area contributed by atoms with E-state index in [0.29, 0.717) is 23.7 Å². The molecule has 0 aromatic rings. The van der Waals surface area contributed by atoms with Crippen LogP contribution in [-0.2, 0) is 4.79 Å². The van der Waals surface area contributed by atoms with Crippen molar-refractivity contribution in [2.24, 2.45) is 56.7 Å². The molecular weight excluding hydrogens is 408 g/mol. The van der Waals surface area contributed by atoms with Gasteiger partial charge in [0.1, 0.15) is 0 Å². The molecule has 4 fully saturated rings. The molecule has 2 N–H and O–H groups in total. The van der Waals surface area contributed by atoms with Gasteiger partial charge in [0, 0.05) is 0 Å². The number of carbonyl (C=O) groups is 1. The van der Waals surface area contributed by atoms with Crippen LogP contribution < -0.4 is 0 Å². The molecule has 5 aliphatic rings. The van der Waals surface area contributed by atoms with Crippen molar-refractivity contribution in [1.29, 1.82) is 0 Å². The second-order valence-corrected chi connectivity index (χ2v) is 14.5. The van der Waals surface area contributed by atoms with E-state index in [0.717, 1.165) is 44.9 Å². The third-order valence-corrected chi connectivity index (χ3v) is 13.4. The first-order valence-corrected chi connectivity index (χ1v) is 13.9. The molecule has 0 aromatic heterocycles. The molecule has 3 heteroatoms. The van der Waals surface area contributed by atoms with E-state index in [1.54, 1.807) is 0 Å². The Bertz CT molecular complexity index is 874. The highest BCUT2D eigenvalue weighted by atomic mass is 16.4. The van der Waals surface area contributed by atoms with Crippen LogP contribution in [0.25, 0.3) is 0 Å². The third-order valence-electron chi connectivity index (χ3n) is 13.4. The smallest absolute Gasteiger partial charge is 0.310 e. The number of hydrogen-bond acceptors (Lipinski definition) is 2. The zero-order chi connectivity index (χ0) is 24.2. The van der Waals surface area contributed by atoms with Crippen LogP contribution in [0.15, 0.2) is 11.6 Å². The molecule has 0 bridgehead atoms. The lowest BCUT2D eigenvalue weighted by Crippen LogP contribution is -2.65. The van der Waals surface area contributed by atoms with E-state index >= 15 is 0 Å². The van der Waals surface area contributed by atoms with Crippen molar-refractivity contribution in [2.45, 2.75) is 112 Å². The topological polar surface area (TPSA) is 57.5 Å². The minimum absolute atomic E-state index is 0.0302. The first-order valence-electron chi connectivity index (χ1n) is 13.9. The predicted octanol–water partition coefficient (Wildman–Crippen LogP) is 7.09. The van der Waals surface area contributed by atoms with Gasteiger partial charge in [0.15, 0.2) is 0 Å². The van der Waals surface area contributed by atoms with Gasteiger partial charge in [-0.3, -0.25) is 4.79 Å². The summed E-state index contributed by atoms with van der Waals surface area (Å²) in [5, 5.41) is 21.4. The van der Waals surface area contributed by atoms with E-state index in [1.165, 1.54) is 18.4 Å². The molecule has 0 amide bonds. The summed E-state index contributed by atoms with van der Waals surface area (Å²) in [5.41, 5.74) is 1.46. The van der Waals surface area contributed by atoms with Crippen LogP contribution in [0.4, 0.5) is 0 Å². The van der Waals surface area contributed by atoms with E-state index in [1.807, 2.05) is 0 Å². The minimum Gasteiger partial charge on any atom is -0.481 e. The molecule has 33 heavy (non-hydrogen) atoms. The van der Waals surface area contributed by atoms with Crippen molar-refractivity contribution in [3.63, 3.8) is 0 Å². The van der Waals surface area contributed by atoms with Gasteiger partial charge >= 0.3 is 5.97 Å². The van der Waals surface area contributed by atoms with Crippen molar-refractivity contribution in [2.75, 3.05) is 0 Å². The summed E-state index contributed by atoms with van der Waals surface area (Å²) in [7, 11) is 0. The SMILES string of the molecule is C[C@@H]1CCC2(C(=O)O)CC[C@]3(C)C(=CC[C@@H]4[C@@]5(C)CC[C@@H](O)C(C)(C)[C@@H]5CC[C@]43C)C2[C@H]1C. The van der Waals surface area contributed by atoms with Crippen molar-refractivity contribution in [3.05, 3.63) is 11.6 Å². The number of rotatable bonds is 1. The van der Waals surface area contributed by atoms with Gasteiger partial charge in [-0.05, 0) is 109 Å². The van der Waals surface area contributed by atoms with Crippen molar-refractivity contribution >= 4 is 5.97 Å². The summed E-state index contributed by atoms with van der Waals surface area (Å²) in [6, 6.07) is 0. The predicted molar refractivity (Wildman–Crippen MR) is 133 cm³/mol. The molecule has 0 aromatic carbocycles. The number of hydrogen-bond donors (Lipinski definition) is 2. The Hall–Kier alpha value is -0.830. The molecule has 186 valence electrons. The highest BCUT2D eigenvalue weighted by molar-refractivity contribution is 5.76. The molecule has 0 radical (unpaired) electrons. The summed E-state index contributed by atoms with van der Waals surface area (Å²) in [4.78, 5) is 12.8. The van der Waals surface area contributed by atoms with Crippen LogP contribution in [-0.4, -0.2) is 22.3 Å². The molecule has 3 nitrogen and oxygen atoms in total. The summed E-state index contributed by atoms with van der Waals surface area (Å²) in [5.74, 6) is 1.82. The van der Waals surface area contributed by atoms with Crippen LogP contribution in [0.3, 0.4) is 0 Å². The average molecular weight is 457 g/mol. The number of aliphatic carboxylic acids is 1. The molecule has 4 saturated carbocycles. The second-order valence-electron chi connectivity index (χ2n) is 14.5. The number of aliphatic hydroxyl groups excluding tert-OH is 1. The van der Waals surface area contributed by atoms with Gasteiger partial charge in [-0.2, -0.15) is 0 Å². The normalized spacial score (nSPS) is 55.3. The van der Waals surface area contributed by atoms with Crippen LogP contribution in [0, 0.1) is 56.7 Å². The fraction of sp³-hybridized carbons (Fsp3) is 0.900. The average Bonchev–Trinajstić information content (AvgIpc) is 2.74. The Morgan fingerprint density at radius 1 is 0.909 bits per heavy atom. The van der Waals surface area contributed by atoms with E-state index < -0.39 is 11.4 Å². The maximum Gasteiger partial charge on any atom is 0.310 e. The number of carboxylic acid groups (broad SMARTS) is 1. The van der Waals surface area contributed by atoms with Gasteiger partial charge in [0.05, 0.1) is 11.5 Å². The highest BCUT2D eigenvalue weighted by Gasteiger charge is 2.69. The zero-order valence-corrected chi connectivity index (χ0v) is 22.2. The Balaban J connectivity index is 1.61. The van der Waals surface area contributed by atoms with Crippen molar-refractivity contribution in [1.82, 2.24) is 0 Å². The van der Waals surface area contributed by atoms with Gasteiger partial charge in [-0.15, -0.1) is 0 Å². The van der Waals surface area contributed by atoms with E-state index in [-0.39, 0.29) is 33.7 Å². The molecule has 2 unspecified atom stereocenters. The van der Waals surface area contributed by atoms with Gasteiger partial charge in [-0.1, -0.05) is 60.1 Å². The lowest BCUT2D eigenvalue weighted by atomic mass is 9.33. The summed E-state index contributed by atoms with van der Waals surface area (Å²) < 4.78 is 0. The quantitative estimate of drug-likeness (QED) is 0.414. The summed E-state index contributed by atoms with van der Waals surface area (Å²) in [6.07, 6.45) is 11.6. The lowest BCUT2D eigenvalue weighted by molar-refractivity contribution is -0.206. The molecule has 0 aliphatic heterocycles. The van der Waals surface area contributed by atoms with Gasteiger partial charge in [0.25, 0.3) is 0 Å². The standard InChI is InChI=1S/C30H48O3/c1-18-10-15-30(25(32)33)17-16-28(6)20(24(30)19(18)2)8-9-22-27(5)13-12-23(31)26(3,4)21(27)11-14-29(22,28)7/h8,18-19,21-24,31H,9-17H2,1-7H3,(H,32,33)/t18-,19+,21+,22-,23-,24?,27+,28-,29-,30?/m1/s1. The second kappa shape index (κ2) is 7.11.